The van der Waals surface area contributed by atoms with Crippen molar-refractivity contribution in [1.29, 1.82) is 0 Å². The molecule has 3 N–H and O–H groups in total. The van der Waals surface area contributed by atoms with E-state index >= 15 is 0 Å². The number of hydrogen-bond donors (Lipinski definition) is 3. The number of rotatable bonds is 13. The molecule has 1 unspecified atom stereocenters. The van der Waals surface area contributed by atoms with E-state index in [2.05, 4.69) is 25.5 Å². The van der Waals surface area contributed by atoms with Gasteiger partial charge in [-0.15, -0.1) is 0 Å². The molecule has 0 radical (unpaired) electrons. The fourth-order valence-corrected chi connectivity index (χ4v) is 6.41. The van der Waals surface area contributed by atoms with E-state index in [1.54, 1.807) is 32.5 Å². The van der Waals surface area contributed by atoms with Gasteiger partial charge in [0.2, 0.25) is 11.8 Å². The van der Waals surface area contributed by atoms with E-state index in [1.807, 2.05) is 37.3 Å². The van der Waals surface area contributed by atoms with E-state index in [4.69, 9.17) is 19.4 Å². The molecule has 12 nitrogen and oxygen atoms in total. The lowest BCUT2D eigenvalue weighted by Gasteiger charge is -2.16. The minimum absolute atomic E-state index is 0.0390. The van der Waals surface area contributed by atoms with Gasteiger partial charge in [-0.25, -0.2) is 28.4 Å². The van der Waals surface area contributed by atoms with E-state index in [0.29, 0.717) is 42.0 Å². The minimum Gasteiger partial charge on any atom is -0.497 e. The van der Waals surface area contributed by atoms with Crippen LogP contribution in [-0.4, -0.2) is 89.8 Å². The predicted molar refractivity (Wildman–Crippen MR) is 173 cm³/mol. The SMILES string of the molecule is CCNc1nc(-c2cc(OC)cc(C(C)O)c2)c(-c2ccnc(Nc3ccc(O[C@H]4CCN(CCS(C)(=O)=O)C4)nc3)n2)s1. The zero-order valence-corrected chi connectivity index (χ0v) is 26.8. The Kier molecular flexibility index (Phi) is 9.93. The molecular formula is C30H37N7O5S2. The van der Waals surface area contributed by atoms with E-state index in [1.165, 1.54) is 17.6 Å². The molecular weight excluding hydrogens is 603 g/mol. The van der Waals surface area contributed by atoms with Crippen molar-refractivity contribution in [2.24, 2.45) is 0 Å². The number of sulfone groups is 1. The average molecular weight is 640 g/mol. The summed E-state index contributed by atoms with van der Waals surface area (Å²) in [5.74, 6) is 1.67. The lowest BCUT2D eigenvalue weighted by atomic mass is 10.0. The van der Waals surface area contributed by atoms with Crippen LogP contribution in [0.3, 0.4) is 0 Å². The highest BCUT2D eigenvalue weighted by Crippen LogP contribution is 2.40. The number of nitrogens with zero attached hydrogens (tertiary/aromatic N) is 5. The molecule has 1 aromatic carbocycles. The summed E-state index contributed by atoms with van der Waals surface area (Å²) in [6.07, 6.45) is 4.72. The maximum absolute atomic E-state index is 11.5. The molecule has 0 amide bonds. The van der Waals surface area contributed by atoms with Gasteiger partial charge in [-0.3, -0.25) is 4.90 Å². The van der Waals surface area contributed by atoms with Gasteiger partial charge in [0.25, 0.3) is 0 Å². The number of ether oxygens (including phenoxy) is 2. The fraction of sp³-hybridized carbons (Fsp3) is 0.400. The average Bonchev–Trinajstić information content (AvgIpc) is 3.64. The summed E-state index contributed by atoms with van der Waals surface area (Å²) in [6.45, 7) is 6.42. The Labute approximate surface area is 261 Å². The molecule has 1 saturated heterocycles. The Hall–Kier alpha value is -3.85. The summed E-state index contributed by atoms with van der Waals surface area (Å²) in [5, 5.41) is 17.5. The van der Waals surface area contributed by atoms with Crippen molar-refractivity contribution in [3.63, 3.8) is 0 Å². The first-order valence-corrected chi connectivity index (χ1v) is 17.2. The third-order valence-corrected chi connectivity index (χ3v) is 9.01. The second-order valence-corrected chi connectivity index (χ2v) is 13.9. The van der Waals surface area contributed by atoms with Gasteiger partial charge in [0, 0.05) is 50.3 Å². The van der Waals surface area contributed by atoms with Crippen LogP contribution in [0.4, 0.5) is 16.8 Å². The number of anilines is 3. The van der Waals surface area contributed by atoms with Crippen LogP contribution >= 0.6 is 11.3 Å². The van der Waals surface area contributed by atoms with Gasteiger partial charge in [0.05, 0.1) is 47.1 Å². The molecule has 44 heavy (non-hydrogen) atoms. The second-order valence-electron chi connectivity index (χ2n) is 10.6. The first kappa shape index (κ1) is 31.6. The topological polar surface area (TPSA) is 152 Å². The van der Waals surface area contributed by atoms with Gasteiger partial charge in [0.15, 0.2) is 5.13 Å². The molecule has 4 heterocycles. The number of benzene rings is 1. The molecule has 4 aromatic rings. The molecule has 0 spiro atoms. The van der Waals surface area contributed by atoms with E-state index < -0.39 is 15.9 Å². The number of aliphatic hydroxyl groups excluding tert-OH is 1. The first-order valence-electron chi connectivity index (χ1n) is 14.4. The lowest BCUT2D eigenvalue weighted by Crippen LogP contribution is -2.29. The molecule has 0 bridgehead atoms. The molecule has 0 aliphatic carbocycles. The third kappa shape index (κ3) is 8.20. The normalized spacial score (nSPS) is 16.1. The summed E-state index contributed by atoms with van der Waals surface area (Å²) in [4.78, 5) is 21.4. The summed E-state index contributed by atoms with van der Waals surface area (Å²) in [6, 6.07) is 11.1. The summed E-state index contributed by atoms with van der Waals surface area (Å²) < 4.78 is 34.5. The van der Waals surface area contributed by atoms with E-state index in [9.17, 15) is 13.5 Å². The van der Waals surface area contributed by atoms with Crippen LogP contribution < -0.4 is 20.1 Å². The number of nitrogens with one attached hydrogen (secondary N) is 2. The number of methoxy groups -OCH3 is 1. The van der Waals surface area contributed by atoms with Crippen LogP contribution in [0.25, 0.3) is 21.8 Å². The predicted octanol–water partition coefficient (Wildman–Crippen LogP) is 4.40. The van der Waals surface area contributed by atoms with Crippen LogP contribution in [0.15, 0.2) is 48.8 Å². The van der Waals surface area contributed by atoms with Crippen LogP contribution in [-0.2, 0) is 9.84 Å². The summed E-state index contributed by atoms with van der Waals surface area (Å²) >= 11 is 1.49. The lowest BCUT2D eigenvalue weighted by molar-refractivity contribution is 0.195. The molecule has 0 saturated carbocycles. The summed E-state index contributed by atoms with van der Waals surface area (Å²) in [7, 11) is -1.39. The zero-order chi connectivity index (χ0) is 31.3. The molecule has 3 aromatic heterocycles. The van der Waals surface area contributed by atoms with Crippen molar-refractivity contribution in [2.75, 3.05) is 55.9 Å². The van der Waals surface area contributed by atoms with Gasteiger partial charge in [0.1, 0.15) is 21.7 Å². The Morgan fingerprint density at radius 1 is 1.18 bits per heavy atom. The largest absolute Gasteiger partial charge is 0.497 e. The maximum atomic E-state index is 11.5. The molecule has 1 fully saturated rings. The van der Waals surface area contributed by atoms with Gasteiger partial charge < -0.3 is 25.2 Å². The van der Waals surface area contributed by atoms with Crippen molar-refractivity contribution in [1.82, 2.24) is 24.8 Å². The standard InChI is InChI=1S/C30H37N7O5S2/c1-5-31-30-36-27(21-14-20(19(2)38)15-24(16-21)41-3)28(43-30)25-8-10-32-29(35-25)34-22-6-7-26(33-17-22)42-23-9-11-37(18-23)12-13-44(4,39)40/h6-8,10,14-17,19,23,38H,5,9,11-13,18H2,1-4H3,(H,31,36)(H,32,34,35)/t19?,23-/m0/s1. The number of pyridine rings is 1. The Morgan fingerprint density at radius 2 is 2.02 bits per heavy atom. The maximum Gasteiger partial charge on any atom is 0.227 e. The van der Waals surface area contributed by atoms with Crippen molar-refractivity contribution in [2.45, 2.75) is 32.5 Å². The van der Waals surface area contributed by atoms with Gasteiger partial charge >= 0.3 is 0 Å². The molecule has 2 atom stereocenters. The van der Waals surface area contributed by atoms with Crippen molar-refractivity contribution in [3.8, 4) is 33.5 Å². The van der Waals surface area contributed by atoms with Crippen LogP contribution in [0.2, 0.25) is 0 Å². The van der Waals surface area contributed by atoms with Gasteiger partial charge in [-0.2, -0.15) is 0 Å². The van der Waals surface area contributed by atoms with E-state index in [-0.39, 0.29) is 11.9 Å². The van der Waals surface area contributed by atoms with Gasteiger partial charge in [-0.05, 0) is 56.2 Å². The number of aliphatic hydroxyl groups is 1. The molecule has 1 aliphatic rings. The Balaban J connectivity index is 1.31. The molecule has 1 aliphatic heterocycles. The van der Waals surface area contributed by atoms with Crippen molar-refractivity contribution >= 4 is 37.9 Å². The van der Waals surface area contributed by atoms with Gasteiger partial charge in [-0.1, -0.05) is 11.3 Å². The molecule has 5 rings (SSSR count). The first-order chi connectivity index (χ1) is 21.1. The van der Waals surface area contributed by atoms with Crippen LogP contribution in [0.1, 0.15) is 31.9 Å². The zero-order valence-electron chi connectivity index (χ0n) is 25.1. The molecule has 14 heteroatoms. The highest BCUT2D eigenvalue weighted by atomic mass is 32.2. The highest BCUT2D eigenvalue weighted by Gasteiger charge is 2.25. The molecule has 234 valence electrons. The van der Waals surface area contributed by atoms with Crippen LogP contribution in [0, 0.1) is 0 Å². The highest BCUT2D eigenvalue weighted by molar-refractivity contribution is 7.90. The fourth-order valence-electron chi connectivity index (χ4n) is 4.79. The number of thiazole rings is 1. The third-order valence-electron chi connectivity index (χ3n) is 7.05. The number of likely N-dealkylation sites (tertiary alicyclic amines) is 1. The Morgan fingerprint density at radius 3 is 2.73 bits per heavy atom. The van der Waals surface area contributed by atoms with E-state index in [0.717, 1.165) is 46.3 Å². The minimum atomic E-state index is -2.99. The van der Waals surface area contributed by atoms with Crippen LogP contribution in [0.5, 0.6) is 11.6 Å². The number of aromatic nitrogens is 4. The Bertz CT molecular complexity index is 1680. The second kappa shape index (κ2) is 13.8. The number of hydrogen-bond acceptors (Lipinski definition) is 13. The quantitative estimate of drug-likeness (QED) is 0.190. The van der Waals surface area contributed by atoms with Crippen molar-refractivity contribution in [3.05, 3.63) is 54.4 Å². The summed E-state index contributed by atoms with van der Waals surface area (Å²) in [5.41, 5.74) is 3.65. The monoisotopic (exact) mass is 639 g/mol. The van der Waals surface area contributed by atoms with Crippen molar-refractivity contribution < 1.29 is 23.0 Å². The smallest absolute Gasteiger partial charge is 0.227 e.